The molecule has 2 N–H and O–H groups in total. The summed E-state index contributed by atoms with van der Waals surface area (Å²) in [6.45, 7) is 0.282. The van der Waals surface area contributed by atoms with Crippen LogP contribution in [0, 0.1) is 11.2 Å². The van der Waals surface area contributed by atoms with Gasteiger partial charge in [-0.25, -0.2) is 4.39 Å². The Morgan fingerprint density at radius 2 is 1.79 bits per heavy atom. The fourth-order valence-electron chi connectivity index (χ4n) is 3.31. The molecule has 0 saturated heterocycles. The topological polar surface area (TPSA) is 71.1 Å². The van der Waals surface area contributed by atoms with Gasteiger partial charge >= 0.3 is 0 Å². The molecule has 2 aromatic carbocycles. The average molecular weight is 377 g/mol. The molecule has 0 bridgehead atoms. The second-order valence-corrected chi connectivity index (χ2v) is 7.01. The van der Waals surface area contributed by atoms with Crippen LogP contribution >= 0.6 is 0 Å². The highest BCUT2D eigenvalue weighted by molar-refractivity contribution is 6.14. The van der Waals surface area contributed by atoms with Crippen LogP contribution in [0.5, 0.6) is 0 Å². The van der Waals surface area contributed by atoms with Gasteiger partial charge in [-0.3, -0.25) is 14.6 Å². The number of rotatable bonds is 6. The number of aromatic nitrogens is 1. The summed E-state index contributed by atoms with van der Waals surface area (Å²) >= 11 is 0. The third-order valence-corrected chi connectivity index (χ3v) is 5.14. The molecule has 2 amide bonds. The number of halogens is 1. The van der Waals surface area contributed by atoms with E-state index in [0.29, 0.717) is 36.0 Å². The molecule has 1 aliphatic carbocycles. The number of nitrogens with zero attached hydrogens (tertiary/aromatic N) is 1. The molecule has 0 spiro atoms. The number of pyridine rings is 1. The lowest BCUT2D eigenvalue weighted by Gasteiger charge is -2.16. The normalized spacial score (nSPS) is 14.5. The minimum Gasteiger partial charge on any atom is -0.355 e. The zero-order valence-corrected chi connectivity index (χ0v) is 15.2. The van der Waals surface area contributed by atoms with Crippen LogP contribution < -0.4 is 10.6 Å². The standard InChI is InChI=1S/C22H20FN3O2/c23-17-8-2-1-5-15(17)10-14-25-20(27)22(11-12-22)21(28)26-18-9-3-6-16-7-4-13-24-19(16)18/h1-9,13H,10-12,14H2,(H,25,27)(H,26,28). The highest BCUT2D eigenvalue weighted by Gasteiger charge is 2.56. The van der Waals surface area contributed by atoms with Crippen LogP contribution in [-0.2, 0) is 16.0 Å². The molecule has 0 radical (unpaired) electrons. The zero-order chi connectivity index (χ0) is 19.6. The van der Waals surface area contributed by atoms with E-state index in [0.717, 1.165) is 5.39 Å². The molecule has 1 aromatic heterocycles. The first-order chi connectivity index (χ1) is 13.6. The second kappa shape index (κ2) is 7.38. The molecule has 1 fully saturated rings. The summed E-state index contributed by atoms with van der Waals surface area (Å²) in [6, 6.07) is 15.8. The number of nitrogens with one attached hydrogen (secondary N) is 2. The van der Waals surface area contributed by atoms with Gasteiger partial charge in [-0.2, -0.15) is 0 Å². The summed E-state index contributed by atoms with van der Waals surface area (Å²) < 4.78 is 13.7. The Hall–Kier alpha value is -3.28. The molecule has 142 valence electrons. The number of benzene rings is 2. The Labute approximate surface area is 162 Å². The second-order valence-electron chi connectivity index (χ2n) is 7.01. The predicted molar refractivity (Wildman–Crippen MR) is 105 cm³/mol. The van der Waals surface area contributed by atoms with Crippen LogP contribution in [0.25, 0.3) is 10.9 Å². The SMILES string of the molecule is O=C(NCCc1ccccc1F)C1(C(=O)Nc2cccc3cccnc23)CC1. The molecular weight excluding hydrogens is 357 g/mol. The maximum Gasteiger partial charge on any atom is 0.240 e. The van der Waals surface area contributed by atoms with Gasteiger partial charge in [0.1, 0.15) is 11.2 Å². The van der Waals surface area contributed by atoms with Crippen molar-refractivity contribution in [2.45, 2.75) is 19.3 Å². The lowest BCUT2D eigenvalue weighted by Crippen LogP contribution is -2.40. The monoisotopic (exact) mass is 377 g/mol. The quantitative estimate of drug-likeness (QED) is 0.647. The van der Waals surface area contributed by atoms with E-state index in [1.807, 2.05) is 24.3 Å². The van der Waals surface area contributed by atoms with Crippen molar-refractivity contribution < 1.29 is 14.0 Å². The minimum absolute atomic E-state index is 0.282. The number of amides is 2. The number of hydrogen-bond donors (Lipinski definition) is 2. The van der Waals surface area contributed by atoms with Crippen molar-refractivity contribution in [3.05, 3.63) is 72.2 Å². The maximum absolute atomic E-state index is 13.7. The van der Waals surface area contributed by atoms with Crippen LogP contribution in [0.3, 0.4) is 0 Å². The van der Waals surface area contributed by atoms with Crippen LogP contribution in [0.2, 0.25) is 0 Å². The molecule has 28 heavy (non-hydrogen) atoms. The van der Waals surface area contributed by atoms with Crippen molar-refractivity contribution in [2.75, 3.05) is 11.9 Å². The highest BCUT2D eigenvalue weighted by atomic mass is 19.1. The molecular formula is C22H20FN3O2. The van der Waals surface area contributed by atoms with Gasteiger partial charge in [0.15, 0.2) is 0 Å². The fraction of sp³-hybridized carbons (Fsp3) is 0.227. The van der Waals surface area contributed by atoms with E-state index < -0.39 is 5.41 Å². The Morgan fingerprint density at radius 1 is 1.00 bits per heavy atom. The summed E-state index contributed by atoms with van der Waals surface area (Å²) in [6.07, 6.45) is 3.05. The van der Waals surface area contributed by atoms with Gasteiger partial charge < -0.3 is 10.6 Å². The number of fused-ring (bicyclic) bond motifs is 1. The highest BCUT2D eigenvalue weighted by Crippen LogP contribution is 2.47. The Kier molecular flexibility index (Phi) is 4.77. The van der Waals surface area contributed by atoms with Gasteiger partial charge in [0.2, 0.25) is 11.8 Å². The van der Waals surface area contributed by atoms with E-state index in [1.54, 1.807) is 30.5 Å². The van der Waals surface area contributed by atoms with E-state index in [2.05, 4.69) is 15.6 Å². The number of carbonyl (C=O) groups is 2. The van der Waals surface area contributed by atoms with Crippen molar-refractivity contribution in [1.82, 2.24) is 10.3 Å². The van der Waals surface area contributed by atoms with Crippen LogP contribution in [-0.4, -0.2) is 23.3 Å². The summed E-state index contributed by atoms with van der Waals surface area (Å²) in [5.41, 5.74) is 0.771. The zero-order valence-electron chi connectivity index (χ0n) is 15.2. The summed E-state index contributed by atoms with van der Waals surface area (Å²) in [5, 5.41) is 6.56. The molecule has 0 atom stereocenters. The first-order valence-electron chi connectivity index (χ1n) is 9.27. The fourth-order valence-corrected chi connectivity index (χ4v) is 3.31. The van der Waals surface area contributed by atoms with Gasteiger partial charge in [0.25, 0.3) is 0 Å². The molecule has 4 rings (SSSR count). The molecule has 0 unspecified atom stereocenters. The third-order valence-electron chi connectivity index (χ3n) is 5.14. The summed E-state index contributed by atoms with van der Waals surface area (Å²) in [4.78, 5) is 29.7. The van der Waals surface area contributed by atoms with Gasteiger partial charge in [-0.05, 0) is 43.0 Å². The van der Waals surface area contributed by atoms with Crippen molar-refractivity contribution >= 4 is 28.4 Å². The largest absolute Gasteiger partial charge is 0.355 e. The van der Waals surface area contributed by atoms with Gasteiger partial charge in [-0.15, -0.1) is 0 Å². The Balaban J connectivity index is 1.41. The first-order valence-corrected chi connectivity index (χ1v) is 9.27. The molecule has 5 nitrogen and oxygen atoms in total. The van der Waals surface area contributed by atoms with Crippen LogP contribution in [0.1, 0.15) is 18.4 Å². The van der Waals surface area contributed by atoms with Crippen molar-refractivity contribution in [3.8, 4) is 0 Å². The smallest absolute Gasteiger partial charge is 0.240 e. The average Bonchev–Trinajstić information content (AvgIpc) is 3.52. The van der Waals surface area contributed by atoms with Crippen molar-refractivity contribution in [3.63, 3.8) is 0 Å². The Bertz CT molecular complexity index is 1040. The molecule has 6 heteroatoms. The Morgan fingerprint density at radius 3 is 2.57 bits per heavy atom. The van der Waals surface area contributed by atoms with E-state index in [1.165, 1.54) is 6.07 Å². The van der Waals surface area contributed by atoms with Crippen molar-refractivity contribution in [2.24, 2.45) is 5.41 Å². The third kappa shape index (κ3) is 3.45. The lowest BCUT2D eigenvalue weighted by molar-refractivity contribution is -0.134. The van der Waals surface area contributed by atoms with Crippen LogP contribution in [0.15, 0.2) is 60.8 Å². The number of para-hydroxylation sites is 1. The molecule has 1 saturated carbocycles. The lowest BCUT2D eigenvalue weighted by atomic mass is 10.0. The first kappa shape index (κ1) is 18.1. The maximum atomic E-state index is 13.7. The van der Waals surface area contributed by atoms with Gasteiger partial charge in [-0.1, -0.05) is 36.4 Å². The molecule has 1 heterocycles. The predicted octanol–water partition coefficient (Wildman–Crippen LogP) is 3.45. The number of anilines is 1. The van der Waals surface area contributed by atoms with Gasteiger partial charge in [0.05, 0.1) is 11.2 Å². The van der Waals surface area contributed by atoms with Gasteiger partial charge in [0, 0.05) is 18.1 Å². The molecule has 1 aliphatic rings. The van der Waals surface area contributed by atoms with Crippen LogP contribution in [0.4, 0.5) is 10.1 Å². The van der Waals surface area contributed by atoms with E-state index in [4.69, 9.17) is 0 Å². The number of carbonyl (C=O) groups excluding carboxylic acids is 2. The van der Waals surface area contributed by atoms with E-state index >= 15 is 0 Å². The summed E-state index contributed by atoms with van der Waals surface area (Å²) in [7, 11) is 0. The van der Waals surface area contributed by atoms with E-state index in [9.17, 15) is 14.0 Å². The van der Waals surface area contributed by atoms with Crippen molar-refractivity contribution in [1.29, 1.82) is 0 Å². The minimum atomic E-state index is -1.05. The molecule has 0 aliphatic heterocycles. The summed E-state index contributed by atoms with van der Waals surface area (Å²) in [5.74, 6) is -0.928. The van der Waals surface area contributed by atoms with E-state index in [-0.39, 0.29) is 24.2 Å². The molecule has 3 aromatic rings. The number of hydrogen-bond acceptors (Lipinski definition) is 3.